The number of hydrogen-bond acceptors (Lipinski definition) is 4. The molecule has 1 aliphatic rings. The van der Waals surface area contributed by atoms with E-state index in [0.29, 0.717) is 6.54 Å². The summed E-state index contributed by atoms with van der Waals surface area (Å²) in [4.78, 5) is 33.2. The topological polar surface area (TPSA) is 108 Å². The number of pyridine rings is 2. The van der Waals surface area contributed by atoms with Crippen LogP contribution in [0.1, 0.15) is 16.1 Å². The number of aromatic nitrogens is 3. The van der Waals surface area contributed by atoms with Gasteiger partial charge < -0.3 is 15.4 Å². The van der Waals surface area contributed by atoms with Crippen LogP contribution in [0.25, 0.3) is 33.3 Å². The number of rotatable bonds is 2. The molecule has 0 spiro atoms. The van der Waals surface area contributed by atoms with Crippen LogP contribution in [0.4, 0.5) is 13.2 Å². The van der Waals surface area contributed by atoms with Crippen molar-refractivity contribution in [3.05, 3.63) is 72.3 Å². The molecule has 0 saturated carbocycles. The average Bonchev–Trinajstić information content (AvgIpc) is 3.24. The molecular weight excluding hydrogens is 437 g/mol. The van der Waals surface area contributed by atoms with Crippen molar-refractivity contribution in [1.82, 2.24) is 20.3 Å². The van der Waals surface area contributed by atoms with Crippen LogP contribution in [0.15, 0.2) is 61.1 Å². The first-order valence-electron chi connectivity index (χ1n) is 9.84. The van der Waals surface area contributed by atoms with Gasteiger partial charge in [0.1, 0.15) is 0 Å². The Bertz CT molecular complexity index is 1340. The smallest absolute Gasteiger partial charge is 0.475 e. The number of benzene rings is 1. The fraction of sp³-hybridized carbons (Fsp3) is 0.130. The highest BCUT2D eigenvalue weighted by Gasteiger charge is 2.38. The molecule has 5 rings (SSSR count). The van der Waals surface area contributed by atoms with E-state index in [1.54, 1.807) is 6.20 Å². The normalized spacial score (nSPS) is 13.0. The lowest BCUT2D eigenvalue weighted by Gasteiger charge is -2.11. The monoisotopic (exact) mass is 454 g/mol. The molecule has 0 bridgehead atoms. The van der Waals surface area contributed by atoms with E-state index in [2.05, 4.69) is 26.3 Å². The van der Waals surface area contributed by atoms with Gasteiger partial charge >= 0.3 is 12.1 Å². The van der Waals surface area contributed by atoms with Gasteiger partial charge in [0.25, 0.3) is 5.91 Å². The Morgan fingerprint density at radius 1 is 1.06 bits per heavy atom. The summed E-state index contributed by atoms with van der Waals surface area (Å²) in [6, 6.07) is 14.1. The van der Waals surface area contributed by atoms with Crippen LogP contribution < -0.4 is 5.32 Å². The number of amides is 1. The molecule has 7 nitrogen and oxygen atoms in total. The molecule has 0 saturated heterocycles. The molecule has 33 heavy (non-hydrogen) atoms. The number of halogens is 3. The van der Waals surface area contributed by atoms with Crippen LogP contribution >= 0.6 is 0 Å². The average molecular weight is 454 g/mol. The maximum atomic E-state index is 12.0. The van der Waals surface area contributed by atoms with E-state index < -0.39 is 12.1 Å². The number of carbonyl (C=O) groups excluding carboxylic acids is 1. The number of carboxylic acids is 1. The molecule has 3 aromatic heterocycles. The molecule has 0 fully saturated rings. The van der Waals surface area contributed by atoms with Crippen molar-refractivity contribution < 1.29 is 27.9 Å². The van der Waals surface area contributed by atoms with Crippen molar-refractivity contribution in [3.63, 3.8) is 0 Å². The lowest BCUT2D eigenvalue weighted by atomic mass is 10.0. The van der Waals surface area contributed by atoms with E-state index >= 15 is 0 Å². The number of H-pyrrole nitrogens is 1. The largest absolute Gasteiger partial charge is 0.490 e. The van der Waals surface area contributed by atoms with E-state index in [-0.39, 0.29) is 5.91 Å². The van der Waals surface area contributed by atoms with E-state index in [1.807, 2.05) is 48.8 Å². The van der Waals surface area contributed by atoms with Gasteiger partial charge in [-0.1, -0.05) is 24.3 Å². The zero-order chi connectivity index (χ0) is 23.6. The fourth-order valence-electron chi connectivity index (χ4n) is 3.51. The highest BCUT2D eigenvalue weighted by Crippen LogP contribution is 2.30. The number of alkyl halides is 3. The minimum atomic E-state index is -5.08. The number of aliphatic carboxylic acids is 1. The number of nitrogens with zero attached hydrogens (tertiary/aromatic N) is 2. The zero-order valence-corrected chi connectivity index (χ0v) is 17.0. The Hall–Kier alpha value is -4.21. The maximum absolute atomic E-state index is 12.0. The van der Waals surface area contributed by atoms with Crippen LogP contribution in [-0.4, -0.2) is 44.7 Å². The Kier molecular flexibility index (Phi) is 5.82. The molecule has 1 aliphatic heterocycles. The van der Waals surface area contributed by atoms with Gasteiger partial charge in [-0.25, -0.2) is 4.79 Å². The first-order valence-corrected chi connectivity index (χ1v) is 9.84. The lowest BCUT2D eigenvalue weighted by molar-refractivity contribution is -0.192. The van der Waals surface area contributed by atoms with Gasteiger partial charge in [0.05, 0.1) is 11.3 Å². The second-order valence-corrected chi connectivity index (χ2v) is 7.22. The maximum Gasteiger partial charge on any atom is 0.490 e. The van der Waals surface area contributed by atoms with Gasteiger partial charge in [-0.05, 0) is 23.6 Å². The fourth-order valence-corrected chi connectivity index (χ4v) is 3.51. The summed E-state index contributed by atoms with van der Waals surface area (Å²) in [7, 11) is 0. The third-order valence-electron chi connectivity index (χ3n) is 5.06. The van der Waals surface area contributed by atoms with Crippen molar-refractivity contribution >= 4 is 22.6 Å². The van der Waals surface area contributed by atoms with Gasteiger partial charge in [0.2, 0.25) is 0 Å². The summed E-state index contributed by atoms with van der Waals surface area (Å²) in [5, 5.41) is 12.2. The van der Waals surface area contributed by atoms with Crippen LogP contribution in [0.5, 0.6) is 0 Å². The van der Waals surface area contributed by atoms with Gasteiger partial charge in [0, 0.05) is 59.5 Å². The van der Waals surface area contributed by atoms with Crippen molar-refractivity contribution in [3.8, 4) is 22.5 Å². The second kappa shape index (κ2) is 8.73. The summed E-state index contributed by atoms with van der Waals surface area (Å²) in [6.07, 6.45) is 1.25. The number of nitrogens with one attached hydrogen (secondary N) is 2. The predicted octanol–water partition coefficient (Wildman–Crippen LogP) is 4.21. The first kappa shape index (κ1) is 22.0. The molecule has 1 aromatic carbocycles. The molecule has 0 aliphatic carbocycles. The SMILES string of the molecule is O=C(O)C(F)(F)F.O=C1NCCc2[nH]c(-c3ccnc(-c4cncc5ccccc45)c3)cc21. The van der Waals surface area contributed by atoms with E-state index in [1.165, 1.54) is 0 Å². The molecule has 0 radical (unpaired) electrons. The van der Waals surface area contributed by atoms with Crippen molar-refractivity contribution in [2.24, 2.45) is 0 Å². The minimum Gasteiger partial charge on any atom is -0.475 e. The Morgan fingerprint density at radius 2 is 1.82 bits per heavy atom. The first-order chi connectivity index (χ1) is 15.7. The summed E-state index contributed by atoms with van der Waals surface area (Å²) in [6.45, 7) is 0.676. The quantitative estimate of drug-likeness (QED) is 0.421. The van der Waals surface area contributed by atoms with Crippen LogP contribution in [0.2, 0.25) is 0 Å². The Balaban J connectivity index is 0.000000325. The third kappa shape index (κ3) is 4.69. The minimum absolute atomic E-state index is 0.0127. The van der Waals surface area contributed by atoms with Crippen molar-refractivity contribution in [1.29, 1.82) is 0 Å². The van der Waals surface area contributed by atoms with Crippen LogP contribution in [0, 0.1) is 0 Å². The molecule has 1 amide bonds. The molecule has 10 heteroatoms. The summed E-state index contributed by atoms with van der Waals surface area (Å²) >= 11 is 0. The van der Waals surface area contributed by atoms with E-state index in [4.69, 9.17) is 9.90 Å². The molecule has 4 heterocycles. The van der Waals surface area contributed by atoms with Gasteiger partial charge in [-0.2, -0.15) is 13.2 Å². The standard InChI is InChI=1S/C21H16N4O.C2HF3O2/c26-21-16-10-19(25-18(16)6-8-24-21)13-5-7-23-20(9-13)17-12-22-11-14-3-1-2-4-15(14)17;3-2(4,5)1(6)7/h1-5,7,9-12,25H,6,8H2,(H,24,26);(H,6,7). The number of hydrogen-bond donors (Lipinski definition) is 3. The van der Waals surface area contributed by atoms with Gasteiger partial charge in [-0.15, -0.1) is 0 Å². The van der Waals surface area contributed by atoms with Crippen LogP contribution in [0.3, 0.4) is 0 Å². The summed E-state index contributed by atoms with van der Waals surface area (Å²) in [5.74, 6) is -2.77. The van der Waals surface area contributed by atoms with Gasteiger partial charge in [0.15, 0.2) is 0 Å². The number of fused-ring (bicyclic) bond motifs is 2. The van der Waals surface area contributed by atoms with Crippen LogP contribution in [-0.2, 0) is 11.2 Å². The van der Waals surface area contributed by atoms with Crippen molar-refractivity contribution in [2.45, 2.75) is 12.6 Å². The highest BCUT2D eigenvalue weighted by atomic mass is 19.4. The molecule has 3 N–H and O–H groups in total. The highest BCUT2D eigenvalue weighted by molar-refractivity contribution is 5.98. The number of carbonyl (C=O) groups is 2. The molecule has 0 unspecified atom stereocenters. The second-order valence-electron chi connectivity index (χ2n) is 7.22. The molecule has 0 atom stereocenters. The summed E-state index contributed by atoms with van der Waals surface area (Å²) in [5.41, 5.74) is 5.53. The third-order valence-corrected chi connectivity index (χ3v) is 5.06. The number of aromatic amines is 1. The lowest BCUT2D eigenvalue weighted by Crippen LogP contribution is -2.31. The zero-order valence-electron chi connectivity index (χ0n) is 17.0. The van der Waals surface area contributed by atoms with E-state index in [0.717, 1.165) is 51.0 Å². The molecule has 168 valence electrons. The summed E-state index contributed by atoms with van der Waals surface area (Å²) < 4.78 is 31.7. The Morgan fingerprint density at radius 3 is 2.55 bits per heavy atom. The predicted molar refractivity (Wildman–Crippen MR) is 114 cm³/mol. The Labute approximate surface area is 185 Å². The van der Waals surface area contributed by atoms with Crippen molar-refractivity contribution in [2.75, 3.05) is 6.54 Å². The molecule has 4 aromatic rings. The van der Waals surface area contributed by atoms with E-state index in [9.17, 15) is 18.0 Å². The molecular formula is C23H17F3N4O3. The number of carboxylic acid groups (broad SMARTS) is 1. The van der Waals surface area contributed by atoms with Gasteiger partial charge in [-0.3, -0.25) is 14.8 Å².